The number of fused-ring (bicyclic) bond motifs is 2. The maximum absolute atomic E-state index is 13.8. The van der Waals surface area contributed by atoms with Crippen LogP contribution in [0.15, 0.2) is 48.8 Å². The molecule has 2 bridgehead atoms. The van der Waals surface area contributed by atoms with Crippen LogP contribution in [0.1, 0.15) is 53.8 Å². The maximum Gasteiger partial charge on any atom is 0.416 e. The van der Waals surface area contributed by atoms with E-state index in [0.717, 1.165) is 18.4 Å². The van der Waals surface area contributed by atoms with Crippen LogP contribution in [-0.4, -0.2) is 32.2 Å². The van der Waals surface area contributed by atoms with Gasteiger partial charge < -0.3 is 4.74 Å². The summed E-state index contributed by atoms with van der Waals surface area (Å²) in [5.74, 6) is 0.181. The average Bonchev–Trinajstić information content (AvgIpc) is 3.43. The SMILES string of the molecule is Fc1ccc(C23CCC(CCC2OCc2cc(C(F)(F)F)cc(C(F)(F)F)c2)N3Cc2ncn[nH]2)cc1. The summed E-state index contributed by atoms with van der Waals surface area (Å²) in [6.45, 7) is -0.0644. The lowest BCUT2D eigenvalue weighted by molar-refractivity contribution is -0.143. The lowest BCUT2D eigenvalue weighted by atomic mass is 9.78. The molecule has 1 aromatic heterocycles. The highest BCUT2D eigenvalue weighted by molar-refractivity contribution is 5.34. The molecular formula is C25H23F7N4O. The van der Waals surface area contributed by atoms with Gasteiger partial charge in [-0.25, -0.2) is 9.37 Å². The third-order valence-electron chi connectivity index (χ3n) is 7.33. The first-order valence-electron chi connectivity index (χ1n) is 11.7. The van der Waals surface area contributed by atoms with Crippen molar-refractivity contribution in [1.29, 1.82) is 0 Å². The molecular weight excluding hydrogens is 505 g/mol. The molecule has 0 radical (unpaired) electrons. The molecule has 5 rings (SSSR count). The molecule has 2 fully saturated rings. The highest BCUT2D eigenvalue weighted by Crippen LogP contribution is 2.52. The molecule has 2 aromatic carbocycles. The number of nitrogens with one attached hydrogen (secondary N) is 1. The van der Waals surface area contributed by atoms with Crippen LogP contribution in [0.4, 0.5) is 30.7 Å². The molecule has 37 heavy (non-hydrogen) atoms. The summed E-state index contributed by atoms with van der Waals surface area (Å²) in [4.78, 5) is 6.39. The normalized spacial score (nSPS) is 24.5. The molecule has 0 aliphatic carbocycles. The molecule has 0 amide bonds. The van der Waals surface area contributed by atoms with Gasteiger partial charge >= 0.3 is 12.4 Å². The number of alkyl halides is 6. The van der Waals surface area contributed by atoms with Crippen molar-refractivity contribution >= 4 is 0 Å². The first kappa shape index (κ1) is 25.7. The first-order chi connectivity index (χ1) is 17.5. The molecule has 0 saturated carbocycles. The van der Waals surface area contributed by atoms with Crippen molar-refractivity contribution in [3.8, 4) is 0 Å². The minimum absolute atomic E-state index is 0.102. The molecule has 1 N–H and O–H groups in total. The molecule has 3 heterocycles. The molecule has 2 aliphatic rings. The summed E-state index contributed by atoms with van der Waals surface area (Å²) in [5.41, 5.74) is -2.99. The Labute approximate surface area is 207 Å². The molecule has 3 aromatic rings. The molecule has 12 heteroatoms. The summed E-state index contributed by atoms with van der Waals surface area (Å²) in [6, 6.07) is 7.60. The second-order valence-electron chi connectivity index (χ2n) is 9.47. The Kier molecular flexibility index (Phi) is 6.51. The summed E-state index contributed by atoms with van der Waals surface area (Å²) in [7, 11) is 0. The number of H-pyrrole nitrogens is 1. The van der Waals surface area contributed by atoms with Gasteiger partial charge in [0.15, 0.2) is 0 Å². The Morgan fingerprint density at radius 2 is 1.62 bits per heavy atom. The minimum atomic E-state index is -4.94. The van der Waals surface area contributed by atoms with Crippen molar-refractivity contribution in [3.05, 3.63) is 82.7 Å². The van der Waals surface area contributed by atoms with Gasteiger partial charge in [0, 0.05) is 6.04 Å². The van der Waals surface area contributed by atoms with Crippen LogP contribution in [0, 0.1) is 5.82 Å². The zero-order valence-corrected chi connectivity index (χ0v) is 19.4. The fourth-order valence-corrected chi connectivity index (χ4v) is 5.73. The van der Waals surface area contributed by atoms with Crippen molar-refractivity contribution in [2.24, 2.45) is 0 Å². The number of aromatic amines is 1. The number of benzene rings is 2. The van der Waals surface area contributed by atoms with Crippen LogP contribution < -0.4 is 0 Å². The predicted molar refractivity (Wildman–Crippen MR) is 117 cm³/mol. The second kappa shape index (κ2) is 9.39. The van der Waals surface area contributed by atoms with E-state index >= 15 is 0 Å². The number of nitrogens with zero attached hydrogens (tertiary/aromatic N) is 3. The number of hydrogen-bond donors (Lipinski definition) is 1. The smallest absolute Gasteiger partial charge is 0.371 e. The number of hydrogen-bond acceptors (Lipinski definition) is 4. The maximum atomic E-state index is 13.8. The van der Waals surface area contributed by atoms with E-state index < -0.39 is 47.5 Å². The van der Waals surface area contributed by atoms with E-state index in [2.05, 4.69) is 20.1 Å². The van der Waals surface area contributed by atoms with Gasteiger partial charge in [-0.3, -0.25) is 10.00 Å². The first-order valence-corrected chi connectivity index (χ1v) is 11.7. The van der Waals surface area contributed by atoms with Crippen LogP contribution in [0.2, 0.25) is 0 Å². The Bertz CT molecular complexity index is 1200. The summed E-state index contributed by atoms with van der Waals surface area (Å²) < 4.78 is 100.0. The zero-order chi connectivity index (χ0) is 26.4. The standard InChI is InChI=1S/C25H23F7N4O/c26-19-3-1-16(2-4-19)23-8-7-20(36(23)12-22-33-14-34-35-22)5-6-21(23)37-13-15-9-17(24(27,28)29)11-18(10-15)25(30,31)32/h1-4,9-11,14,20-21H,5-8,12-13H2,(H,33,34,35). The van der Waals surface area contributed by atoms with E-state index in [4.69, 9.17) is 4.74 Å². The Balaban J connectivity index is 1.49. The number of aromatic nitrogens is 3. The van der Waals surface area contributed by atoms with Crippen LogP contribution >= 0.6 is 0 Å². The summed E-state index contributed by atoms with van der Waals surface area (Å²) in [5, 5.41) is 6.72. The van der Waals surface area contributed by atoms with Gasteiger partial charge in [0.25, 0.3) is 0 Å². The number of ether oxygens (including phenoxy) is 1. The van der Waals surface area contributed by atoms with Crippen molar-refractivity contribution in [2.75, 3.05) is 0 Å². The van der Waals surface area contributed by atoms with Gasteiger partial charge in [-0.05, 0) is 67.1 Å². The second-order valence-corrected chi connectivity index (χ2v) is 9.47. The molecule has 198 valence electrons. The van der Waals surface area contributed by atoms with Gasteiger partial charge in [-0.1, -0.05) is 12.1 Å². The van der Waals surface area contributed by atoms with E-state index in [9.17, 15) is 30.7 Å². The highest BCUT2D eigenvalue weighted by atomic mass is 19.4. The van der Waals surface area contributed by atoms with Crippen LogP contribution in [0.3, 0.4) is 0 Å². The third-order valence-corrected chi connectivity index (χ3v) is 7.33. The molecule has 2 aliphatic heterocycles. The van der Waals surface area contributed by atoms with Crippen molar-refractivity contribution < 1.29 is 35.5 Å². The van der Waals surface area contributed by atoms with E-state index in [1.807, 2.05) is 0 Å². The van der Waals surface area contributed by atoms with Crippen molar-refractivity contribution in [1.82, 2.24) is 20.1 Å². The quantitative estimate of drug-likeness (QED) is 0.386. The largest absolute Gasteiger partial charge is 0.416 e. The fourth-order valence-electron chi connectivity index (χ4n) is 5.73. The van der Waals surface area contributed by atoms with Crippen LogP contribution in [-0.2, 0) is 35.8 Å². The van der Waals surface area contributed by atoms with Gasteiger partial charge in [0.1, 0.15) is 18.0 Å². The molecule has 3 atom stereocenters. The predicted octanol–water partition coefficient (Wildman–Crippen LogP) is 6.22. The lowest BCUT2D eigenvalue weighted by Gasteiger charge is -2.49. The average molecular weight is 528 g/mol. The van der Waals surface area contributed by atoms with Crippen LogP contribution in [0.25, 0.3) is 0 Å². The lowest BCUT2D eigenvalue weighted by Crippen LogP contribution is -2.56. The molecule has 3 unspecified atom stereocenters. The van der Waals surface area contributed by atoms with Gasteiger partial charge in [0.05, 0.1) is 35.9 Å². The van der Waals surface area contributed by atoms with Crippen molar-refractivity contribution in [3.63, 3.8) is 0 Å². The van der Waals surface area contributed by atoms with E-state index in [-0.39, 0.29) is 17.7 Å². The van der Waals surface area contributed by atoms with Crippen LogP contribution in [0.5, 0.6) is 0 Å². The van der Waals surface area contributed by atoms with Gasteiger partial charge in [-0.2, -0.15) is 31.4 Å². The molecule has 0 spiro atoms. The molecule has 2 saturated heterocycles. The van der Waals surface area contributed by atoms with Gasteiger partial charge in [0.2, 0.25) is 0 Å². The zero-order valence-electron chi connectivity index (χ0n) is 19.4. The van der Waals surface area contributed by atoms with Crippen molar-refractivity contribution in [2.45, 2.75) is 68.9 Å². The Morgan fingerprint density at radius 1 is 0.946 bits per heavy atom. The van der Waals surface area contributed by atoms with E-state index in [1.165, 1.54) is 18.5 Å². The minimum Gasteiger partial charge on any atom is -0.371 e. The van der Waals surface area contributed by atoms with E-state index in [0.29, 0.717) is 37.3 Å². The molecule has 5 nitrogen and oxygen atoms in total. The van der Waals surface area contributed by atoms with E-state index in [1.54, 1.807) is 12.1 Å². The number of rotatable bonds is 6. The Hall–Kier alpha value is -2.99. The van der Waals surface area contributed by atoms with Gasteiger partial charge in [-0.15, -0.1) is 0 Å². The number of halogens is 7. The topological polar surface area (TPSA) is 54.0 Å². The monoisotopic (exact) mass is 528 g/mol. The number of piperidine rings is 1. The Morgan fingerprint density at radius 3 is 2.22 bits per heavy atom. The summed E-state index contributed by atoms with van der Waals surface area (Å²) in [6.07, 6.45) is -6.38. The fraction of sp³-hybridized carbons (Fsp3) is 0.440. The summed E-state index contributed by atoms with van der Waals surface area (Å²) >= 11 is 0. The highest BCUT2D eigenvalue weighted by Gasteiger charge is 2.56. The third kappa shape index (κ3) is 4.96.